The number of hydroxylamine groups is 2. The molecule has 4 nitrogen and oxygen atoms in total. The van der Waals surface area contributed by atoms with Crippen LogP contribution in [0.25, 0.3) is 11.4 Å². The number of rotatable bonds is 11. The maximum Gasteiger partial charge on any atom is 0.0996 e. The van der Waals surface area contributed by atoms with Gasteiger partial charge >= 0.3 is 0 Å². The Morgan fingerprint density at radius 3 is 1.15 bits per heavy atom. The fourth-order valence-electron chi connectivity index (χ4n) is 3.32. The average Bonchev–Trinajstić information content (AvgIpc) is 2.91. The van der Waals surface area contributed by atoms with Crippen molar-refractivity contribution >= 4 is 11.4 Å². The maximum atomic E-state index is 5.81. The zero-order chi connectivity index (χ0) is 23.3. The summed E-state index contributed by atoms with van der Waals surface area (Å²) in [5.74, 6) is 0. The first-order valence-corrected chi connectivity index (χ1v) is 11.2. The van der Waals surface area contributed by atoms with Crippen molar-refractivity contribution in [1.29, 1.82) is 0 Å². The highest BCUT2D eigenvalue weighted by Crippen LogP contribution is 2.16. The summed E-state index contributed by atoms with van der Waals surface area (Å²) in [6, 6.07) is 40.3. The minimum absolute atomic E-state index is 0.457. The van der Waals surface area contributed by atoms with E-state index >= 15 is 0 Å². The van der Waals surface area contributed by atoms with E-state index in [0.29, 0.717) is 13.2 Å². The molecule has 0 aromatic heterocycles. The third kappa shape index (κ3) is 7.20. The van der Waals surface area contributed by atoms with Crippen LogP contribution < -0.4 is 11.0 Å². The van der Waals surface area contributed by atoms with E-state index in [1.54, 1.807) is 0 Å². The summed E-state index contributed by atoms with van der Waals surface area (Å²) in [5, 5.41) is 0. The highest BCUT2D eigenvalue weighted by molar-refractivity contribution is 5.70. The Labute approximate surface area is 201 Å². The summed E-state index contributed by atoms with van der Waals surface area (Å²) in [6.07, 6.45) is 3.98. The first-order valence-electron chi connectivity index (χ1n) is 11.2. The first-order chi connectivity index (χ1) is 16.9. The molecule has 0 heterocycles. The quantitative estimate of drug-likeness (QED) is 0.203. The molecule has 0 aliphatic heterocycles. The van der Waals surface area contributed by atoms with Crippen LogP contribution in [0.1, 0.15) is 22.3 Å². The topological polar surface area (TPSA) is 42.5 Å². The molecular formula is C30H28N2O2. The molecular weight excluding hydrogens is 420 g/mol. The van der Waals surface area contributed by atoms with Gasteiger partial charge in [-0.05, 0) is 34.4 Å². The molecule has 2 N–H and O–H groups in total. The van der Waals surface area contributed by atoms with Crippen LogP contribution in [0.15, 0.2) is 133 Å². The Bertz CT molecular complexity index is 1080. The van der Waals surface area contributed by atoms with Crippen molar-refractivity contribution in [2.45, 2.75) is 13.2 Å². The molecule has 0 bridgehead atoms. The van der Waals surface area contributed by atoms with E-state index in [1.165, 1.54) is 0 Å². The third-order valence-electron chi connectivity index (χ3n) is 5.11. The standard InChI is InChI=1S/C30H28N2O2/c1-5-13-25(14-6-1)23-33-31-29(27-17-9-3-10-18-27)21-22-30(28-19-11-4-12-20-28)32-34-24-26-15-7-2-8-16-26/h1-22,31-32H,23-24H2. The molecule has 0 aliphatic carbocycles. The minimum atomic E-state index is 0.457. The predicted octanol–water partition coefficient (Wildman–Crippen LogP) is 6.51. The third-order valence-corrected chi connectivity index (χ3v) is 5.11. The second kappa shape index (κ2) is 12.8. The molecule has 0 fully saturated rings. The molecule has 0 atom stereocenters. The van der Waals surface area contributed by atoms with E-state index < -0.39 is 0 Å². The van der Waals surface area contributed by atoms with Crippen molar-refractivity contribution < 1.29 is 9.68 Å². The van der Waals surface area contributed by atoms with Crippen molar-refractivity contribution in [2.24, 2.45) is 0 Å². The molecule has 0 radical (unpaired) electrons. The molecule has 0 spiro atoms. The van der Waals surface area contributed by atoms with Crippen LogP contribution in [0.3, 0.4) is 0 Å². The van der Waals surface area contributed by atoms with Crippen LogP contribution in [0.5, 0.6) is 0 Å². The van der Waals surface area contributed by atoms with Gasteiger partial charge in [-0.3, -0.25) is 20.6 Å². The lowest BCUT2D eigenvalue weighted by atomic mass is 10.1. The van der Waals surface area contributed by atoms with Gasteiger partial charge in [0.15, 0.2) is 0 Å². The van der Waals surface area contributed by atoms with Crippen LogP contribution in [-0.4, -0.2) is 0 Å². The molecule has 4 aromatic rings. The highest BCUT2D eigenvalue weighted by atomic mass is 16.6. The van der Waals surface area contributed by atoms with Crippen LogP contribution in [0.4, 0.5) is 0 Å². The van der Waals surface area contributed by atoms with Gasteiger partial charge in [0.1, 0.15) is 0 Å². The van der Waals surface area contributed by atoms with Gasteiger partial charge in [-0.2, -0.15) is 0 Å². The predicted molar refractivity (Wildman–Crippen MR) is 138 cm³/mol. The molecule has 0 amide bonds. The van der Waals surface area contributed by atoms with E-state index in [2.05, 4.69) is 11.0 Å². The van der Waals surface area contributed by atoms with Gasteiger partial charge in [0, 0.05) is 0 Å². The minimum Gasteiger partial charge on any atom is -0.271 e. The summed E-state index contributed by atoms with van der Waals surface area (Å²) in [5.41, 5.74) is 12.2. The maximum absolute atomic E-state index is 5.81. The Hall–Kier alpha value is -4.12. The largest absolute Gasteiger partial charge is 0.271 e. The molecule has 170 valence electrons. The Kier molecular flexibility index (Phi) is 8.68. The number of benzene rings is 4. The van der Waals surface area contributed by atoms with Gasteiger partial charge in [-0.25, -0.2) is 0 Å². The van der Waals surface area contributed by atoms with Gasteiger partial charge in [0.25, 0.3) is 0 Å². The summed E-state index contributed by atoms with van der Waals surface area (Å²) in [6.45, 7) is 0.914. The smallest absolute Gasteiger partial charge is 0.0996 e. The van der Waals surface area contributed by atoms with Crippen LogP contribution in [-0.2, 0) is 22.9 Å². The van der Waals surface area contributed by atoms with Crippen molar-refractivity contribution in [3.63, 3.8) is 0 Å². The van der Waals surface area contributed by atoms with Crippen molar-refractivity contribution in [3.8, 4) is 0 Å². The monoisotopic (exact) mass is 448 g/mol. The Morgan fingerprint density at radius 2 is 0.794 bits per heavy atom. The fraction of sp³-hybridized carbons (Fsp3) is 0.0667. The number of nitrogens with one attached hydrogen (secondary N) is 2. The Balaban J connectivity index is 1.52. The lowest BCUT2D eigenvalue weighted by Gasteiger charge is -2.13. The van der Waals surface area contributed by atoms with Gasteiger partial charge in [0.05, 0.1) is 24.6 Å². The molecule has 4 rings (SSSR count). The number of allylic oxidation sites excluding steroid dienone is 2. The first kappa shape index (κ1) is 23.1. The summed E-state index contributed by atoms with van der Waals surface area (Å²) >= 11 is 0. The van der Waals surface area contributed by atoms with E-state index in [0.717, 1.165) is 33.6 Å². The molecule has 34 heavy (non-hydrogen) atoms. The average molecular weight is 449 g/mol. The summed E-state index contributed by atoms with van der Waals surface area (Å²) < 4.78 is 0. The van der Waals surface area contributed by atoms with Crippen LogP contribution in [0.2, 0.25) is 0 Å². The summed E-state index contributed by atoms with van der Waals surface area (Å²) in [7, 11) is 0. The van der Waals surface area contributed by atoms with Crippen molar-refractivity contribution in [2.75, 3.05) is 0 Å². The lowest BCUT2D eigenvalue weighted by molar-refractivity contribution is 0.0640. The molecule has 0 saturated heterocycles. The summed E-state index contributed by atoms with van der Waals surface area (Å²) in [4.78, 5) is 11.6. The van der Waals surface area contributed by atoms with Gasteiger partial charge in [-0.1, -0.05) is 121 Å². The van der Waals surface area contributed by atoms with Gasteiger partial charge in [0.2, 0.25) is 0 Å². The van der Waals surface area contributed by atoms with Crippen LogP contribution in [0, 0.1) is 0 Å². The fourth-order valence-corrected chi connectivity index (χ4v) is 3.32. The van der Waals surface area contributed by atoms with E-state index in [1.807, 2.05) is 133 Å². The second-order valence-electron chi connectivity index (χ2n) is 7.65. The van der Waals surface area contributed by atoms with E-state index in [4.69, 9.17) is 9.68 Å². The van der Waals surface area contributed by atoms with Crippen molar-refractivity contribution in [1.82, 2.24) is 11.0 Å². The molecule has 0 unspecified atom stereocenters. The SMILES string of the molecule is C(C=C(NOCc1ccccc1)c1ccccc1)=C(NOCc1ccccc1)c1ccccc1. The molecule has 4 aromatic carbocycles. The normalized spacial score (nSPS) is 11.8. The van der Waals surface area contributed by atoms with Gasteiger partial charge in [-0.15, -0.1) is 0 Å². The zero-order valence-electron chi connectivity index (χ0n) is 18.9. The number of hydrogen-bond acceptors (Lipinski definition) is 4. The highest BCUT2D eigenvalue weighted by Gasteiger charge is 2.04. The lowest BCUT2D eigenvalue weighted by Crippen LogP contribution is -2.14. The second-order valence-corrected chi connectivity index (χ2v) is 7.65. The molecule has 4 heteroatoms. The Morgan fingerprint density at radius 1 is 0.471 bits per heavy atom. The van der Waals surface area contributed by atoms with Crippen molar-refractivity contribution in [3.05, 3.63) is 156 Å². The van der Waals surface area contributed by atoms with E-state index in [9.17, 15) is 0 Å². The number of hydrogen-bond donors (Lipinski definition) is 2. The van der Waals surface area contributed by atoms with Crippen LogP contribution >= 0.6 is 0 Å². The molecule has 0 aliphatic rings. The van der Waals surface area contributed by atoms with Gasteiger partial charge < -0.3 is 0 Å². The zero-order valence-corrected chi connectivity index (χ0v) is 18.9. The molecule has 0 saturated carbocycles. The van der Waals surface area contributed by atoms with E-state index in [-0.39, 0.29) is 0 Å².